The van der Waals surface area contributed by atoms with Crippen molar-refractivity contribution in [1.29, 1.82) is 0 Å². The summed E-state index contributed by atoms with van der Waals surface area (Å²) in [7, 11) is 0. The highest BCUT2D eigenvalue weighted by atomic mass is 16.5. The van der Waals surface area contributed by atoms with Crippen LogP contribution in [0.5, 0.6) is 5.75 Å². The van der Waals surface area contributed by atoms with Gasteiger partial charge in [0, 0.05) is 37.3 Å². The summed E-state index contributed by atoms with van der Waals surface area (Å²) >= 11 is 0. The molecular formula is C20H31N3O3. The van der Waals surface area contributed by atoms with E-state index in [1.807, 2.05) is 56.9 Å². The van der Waals surface area contributed by atoms with Gasteiger partial charge in [-0.15, -0.1) is 0 Å². The maximum atomic E-state index is 12.7. The standard InChI is InChI=1S/C20H31N3O3/c1-5-26-17-9-7-16(8-10-17)19(25)23-12-6-11-22(13-14-23)15-18(24)21-20(2,3)4/h7-10H,5-6,11-15H2,1-4H3,(H,21,24). The molecule has 0 atom stereocenters. The second-order valence-electron chi connectivity index (χ2n) is 7.68. The van der Waals surface area contributed by atoms with Crippen LogP contribution < -0.4 is 10.1 Å². The van der Waals surface area contributed by atoms with Crippen molar-refractivity contribution in [2.45, 2.75) is 39.7 Å². The van der Waals surface area contributed by atoms with Crippen molar-refractivity contribution >= 4 is 11.8 Å². The van der Waals surface area contributed by atoms with E-state index in [9.17, 15) is 9.59 Å². The van der Waals surface area contributed by atoms with E-state index < -0.39 is 0 Å². The number of amides is 2. The van der Waals surface area contributed by atoms with Gasteiger partial charge in [0.2, 0.25) is 5.91 Å². The van der Waals surface area contributed by atoms with Crippen molar-refractivity contribution in [2.75, 3.05) is 39.3 Å². The molecule has 1 fully saturated rings. The van der Waals surface area contributed by atoms with Gasteiger partial charge in [0.25, 0.3) is 5.91 Å². The topological polar surface area (TPSA) is 61.9 Å². The van der Waals surface area contributed by atoms with Crippen LogP contribution in [0, 0.1) is 0 Å². The van der Waals surface area contributed by atoms with Gasteiger partial charge in [-0.1, -0.05) is 0 Å². The zero-order valence-electron chi connectivity index (χ0n) is 16.4. The molecule has 1 heterocycles. The highest BCUT2D eigenvalue weighted by Crippen LogP contribution is 2.15. The van der Waals surface area contributed by atoms with Crippen molar-refractivity contribution in [3.05, 3.63) is 29.8 Å². The van der Waals surface area contributed by atoms with Crippen LogP contribution in [-0.4, -0.2) is 66.5 Å². The van der Waals surface area contributed by atoms with Gasteiger partial charge in [0.1, 0.15) is 5.75 Å². The van der Waals surface area contributed by atoms with E-state index in [2.05, 4.69) is 10.2 Å². The van der Waals surface area contributed by atoms with Crippen LogP contribution in [0.4, 0.5) is 0 Å². The summed E-state index contributed by atoms with van der Waals surface area (Å²) < 4.78 is 5.42. The third-order valence-electron chi connectivity index (χ3n) is 4.17. The quantitative estimate of drug-likeness (QED) is 0.873. The molecule has 1 aromatic carbocycles. The molecule has 0 bridgehead atoms. The number of nitrogens with one attached hydrogen (secondary N) is 1. The van der Waals surface area contributed by atoms with Crippen LogP contribution >= 0.6 is 0 Å². The molecule has 144 valence electrons. The lowest BCUT2D eigenvalue weighted by Crippen LogP contribution is -2.46. The molecule has 6 nitrogen and oxygen atoms in total. The molecule has 0 aliphatic carbocycles. The van der Waals surface area contributed by atoms with Crippen LogP contribution in [-0.2, 0) is 4.79 Å². The molecule has 2 amide bonds. The molecule has 1 aliphatic heterocycles. The van der Waals surface area contributed by atoms with E-state index in [0.29, 0.717) is 38.3 Å². The first-order chi connectivity index (χ1) is 12.3. The Morgan fingerprint density at radius 1 is 1.08 bits per heavy atom. The number of benzene rings is 1. The van der Waals surface area contributed by atoms with Crippen LogP contribution in [0.3, 0.4) is 0 Å². The number of nitrogens with zero attached hydrogens (tertiary/aromatic N) is 2. The Bertz CT molecular complexity index is 608. The maximum Gasteiger partial charge on any atom is 0.253 e. The number of ether oxygens (including phenoxy) is 1. The first kappa shape index (κ1) is 20.2. The van der Waals surface area contributed by atoms with E-state index in [0.717, 1.165) is 18.7 Å². The molecule has 1 aliphatic rings. The zero-order valence-corrected chi connectivity index (χ0v) is 16.4. The molecule has 26 heavy (non-hydrogen) atoms. The molecule has 0 radical (unpaired) electrons. The van der Waals surface area contributed by atoms with Crippen LogP contribution in [0.2, 0.25) is 0 Å². The van der Waals surface area contributed by atoms with Gasteiger partial charge in [-0.25, -0.2) is 0 Å². The Labute approximate surface area is 156 Å². The van der Waals surface area contributed by atoms with Crippen LogP contribution in [0.1, 0.15) is 44.5 Å². The van der Waals surface area contributed by atoms with Crippen molar-refractivity contribution in [2.24, 2.45) is 0 Å². The smallest absolute Gasteiger partial charge is 0.253 e. The minimum absolute atomic E-state index is 0.0313. The minimum Gasteiger partial charge on any atom is -0.494 e. The second kappa shape index (κ2) is 9.03. The first-order valence-electron chi connectivity index (χ1n) is 9.34. The molecule has 2 rings (SSSR count). The molecule has 1 N–H and O–H groups in total. The fourth-order valence-electron chi connectivity index (χ4n) is 3.04. The predicted molar refractivity (Wildman–Crippen MR) is 102 cm³/mol. The third-order valence-corrected chi connectivity index (χ3v) is 4.17. The van der Waals surface area contributed by atoms with Gasteiger partial charge in [-0.3, -0.25) is 14.5 Å². The van der Waals surface area contributed by atoms with Gasteiger partial charge in [0.05, 0.1) is 13.2 Å². The van der Waals surface area contributed by atoms with Crippen molar-refractivity contribution in [3.63, 3.8) is 0 Å². The number of carbonyl (C=O) groups is 2. The van der Waals surface area contributed by atoms with Gasteiger partial charge < -0.3 is 15.0 Å². The van der Waals surface area contributed by atoms with Gasteiger partial charge in [-0.2, -0.15) is 0 Å². The molecule has 0 aromatic heterocycles. The summed E-state index contributed by atoms with van der Waals surface area (Å²) in [5.41, 5.74) is 0.450. The normalized spacial score (nSPS) is 16.1. The van der Waals surface area contributed by atoms with Crippen LogP contribution in [0.25, 0.3) is 0 Å². The fraction of sp³-hybridized carbons (Fsp3) is 0.600. The lowest BCUT2D eigenvalue weighted by Gasteiger charge is -2.25. The Balaban J connectivity index is 1.89. The Hall–Kier alpha value is -2.08. The van der Waals surface area contributed by atoms with E-state index in [-0.39, 0.29) is 17.4 Å². The van der Waals surface area contributed by atoms with E-state index in [1.165, 1.54) is 0 Å². The molecule has 1 aromatic rings. The Morgan fingerprint density at radius 3 is 2.38 bits per heavy atom. The average molecular weight is 361 g/mol. The lowest BCUT2D eigenvalue weighted by atomic mass is 10.1. The summed E-state index contributed by atoms with van der Waals surface area (Å²) in [4.78, 5) is 28.8. The van der Waals surface area contributed by atoms with E-state index in [1.54, 1.807) is 0 Å². The van der Waals surface area contributed by atoms with Crippen molar-refractivity contribution in [1.82, 2.24) is 15.1 Å². The number of carbonyl (C=O) groups excluding carboxylic acids is 2. The highest BCUT2D eigenvalue weighted by Gasteiger charge is 2.22. The molecule has 6 heteroatoms. The number of hydrogen-bond donors (Lipinski definition) is 1. The first-order valence-corrected chi connectivity index (χ1v) is 9.34. The van der Waals surface area contributed by atoms with Crippen molar-refractivity contribution < 1.29 is 14.3 Å². The minimum atomic E-state index is -0.224. The predicted octanol–water partition coefficient (Wildman–Crippen LogP) is 2.15. The Morgan fingerprint density at radius 2 is 1.77 bits per heavy atom. The summed E-state index contributed by atoms with van der Waals surface area (Å²) in [6.45, 7) is 11.7. The van der Waals surface area contributed by atoms with Crippen LogP contribution in [0.15, 0.2) is 24.3 Å². The molecule has 0 spiro atoms. The van der Waals surface area contributed by atoms with Gasteiger partial charge >= 0.3 is 0 Å². The molecule has 0 saturated carbocycles. The van der Waals surface area contributed by atoms with E-state index in [4.69, 9.17) is 4.74 Å². The summed E-state index contributed by atoms with van der Waals surface area (Å²) in [6.07, 6.45) is 0.867. The summed E-state index contributed by atoms with van der Waals surface area (Å²) in [5.74, 6) is 0.841. The lowest BCUT2D eigenvalue weighted by molar-refractivity contribution is -0.123. The summed E-state index contributed by atoms with van der Waals surface area (Å²) in [5, 5.41) is 2.99. The summed E-state index contributed by atoms with van der Waals surface area (Å²) in [6, 6.07) is 7.29. The average Bonchev–Trinajstić information content (AvgIpc) is 2.79. The zero-order chi connectivity index (χ0) is 19.2. The monoisotopic (exact) mass is 361 g/mol. The number of rotatable bonds is 5. The second-order valence-corrected chi connectivity index (χ2v) is 7.68. The molecule has 1 saturated heterocycles. The third kappa shape index (κ3) is 6.33. The Kier molecular flexibility index (Phi) is 7.03. The number of hydrogen-bond acceptors (Lipinski definition) is 4. The van der Waals surface area contributed by atoms with E-state index >= 15 is 0 Å². The van der Waals surface area contributed by atoms with Gasteiger partial charge in [0.15, 0.2) is 0 Å². The fourth-order valence-corrected chi connectivity index (χ4v) is 3.04. The molecular weight excluding hydrogens is 330 g/mol. The maximum absolute atomic E-state index is 12.7. The highest BCUT2D eigenvalue weighted by molar-refractivity contribution is 5.94. The van der Waals surface area contributed by atoms with Crippen molar-refractivity contribution in [3.8, 4) is 5.75 Å². The molecule has 0 unspecified atom stereocenters. The largest absolute Gasteiger partial charge is 0.494 e. The SMILES string of the molecule is CCOc1ccc(C(=O)N2CCCN(CC(=O)NC(C)(C)C)CC2)cc1. The van der Waals surface area contributed by atoms with Gasteiger partial charge in [-0.05, 0) is 58.4 Å².